The van der Waals surface area contributed by atoms with Gasteiger partial charge in [-0.3, -0.25) is 0 Å². The quantitative estimate of drug-likeness (QED) is 0.706. The Kier molecular flexibility index (Phi) is 5.48. The Morgan fingerprint density at radius 3 is 2.81 bits per heavy atom. The summed E-state index contributed by atoms with van der Waals surface area (Å²) >= 11 is 5.15. The monoisotopic (exact) mass is 345 g/mol. The van der Waals surface area contributed by atoms with E-state index in [0.717, 1.165) is 27.3 Å². The fraction of sp³-hybridized carbons (Fsp3) is 0.857. The minimum Gasteiger partial charge on any atom is -0.394 e. The standard InChI is InChI=1S/C14H23N3OS3/c1-19-12-16-17-13(21-12)20-8-6-10-3-2-7-14(10,9-18)15-11-4-5-11/h10-11,15,18H,2-9H2,1H3. The maximum Gasteiger partial charge on any atom is 0.175 e. The molecule has 0 radical (unpaired) electrons. The van der Waals surface area contributed by atoms with Crippen LogP contribution in [-0.4, -0.2) is 45.5 Å². The molecule has 2 aliphatic carbocycles. The normalized spacial score (nSPS) is 29.1. The number of hydrogen-bond acceptors (Lipinski definition) is 7. The maximum atomic E-state index is 9.92. The molecule has 0 bridgehead atoms. The molecule has 0 amide bonds. The highest BCUT2D eigenvalue weighted by Crippen LogP contribution is 2.41. The Labute approximate surface area is 138 Å². The Hall–Kier alpha value is 0.180. The lowest BCUT2D eigenvalue weighted by Gasteiger charge is -2.35. The van der Waals surface area contributed by atoms with Gasteiger partial charge in [0.25, 0.3) is 0 Å². The van der Waals surface area contributed by atoms with Crippen LogP contribution in [0.25, 0.3) is 0 Å². The van der Waals surface area contributed by atoms with Crippen LogP contribution in [0.2, 0.25) is 0 Å². The fourth-order valence-corrected chi connectivity index (χ4v) is 5.83. The van der Waals surface area contributed by atoms with Gasteiger partial charge in [0.15, 0.2) is 8.68 Å². The van der Waals surface area contributed by atoms with E-state index in [-0.39, 0.29) is 12.1 Å². The van der Waals surface area contributed by atoms with Gasteiger partial charge in [0.2, 0.25) is 0 Å². The molecule has 7 heteroatoms. The lowest BCUT2D eigenvalue weighted by Crippen LogP contribution is -2.52. The molecule has 0 aliphatic heterocycles. The van der Waals surface area contributed by atoms with Crippen molar-refractivity contribution >= 4 is 34.9 Å². The number of nitrogens with one attached hydrogen (secondary N) is 1. The second-order valence-electron chi connectivity index (χ2n) is 6.00. The highest BCUT2D eigenvalue weighted by molar-refractivity contribution is 8.02. The molecule has 1 aromatic rings. The van der Waals surface area contributed by atoms with Crippen LogP contribution in [-0.2, 0) is 0 Å². The predicted octanol–water partition coefficient (Wildman–Crippen LogP) is 3.03. The molecule has 2 atom stereocenters. The van der Waals surface area contributed by atoms with Crippen molar-refractivity contribution in [3.63, 3.8) is 0 Å². The predicted molar refractivity (Wildman–Crippen MR) is 90.3 cm³/mol. The topological polar surface area (TPSA) is 58.0 Å². The molecule has 2 fully saturated rings. The number of thioether (sulfide) groups is 2. The fourth-order valence-electron chi connectivity index (χ4n) is 3.27. The van der Waals surface area contributed by atoms with Crippen molar-refractivity contribution in [3.05, 3.63) is 0 Å². The number of rotatable bonds is 8. The van der Waals surface area contributed by atoms with E-state index in [4.69, 9.17) is 0 Å². The molecule has 2 N–H and O–H groups in total. The number of aliphatic hydroxyl groups is 1. The van der Waals surface area contributed by atoms with Crippen molar-refractivity contribution in [2.24, 2.45) is 5.92 Å². The summed E-state index contributed by atoms with van der Waals surface area (Å²) in [6.45, 7) is 0.286. The van der Waals surface area contributed by atoms with Crippen LogP contribution in [0, 0.1) is 5.92 Å². The molecule has 1 aromatic heterocycles. The minimum absolute atomic E-state index is 0.00666. The first-order valence-corrected chi connectivity index (χ1v) is 10.7. The van der Waals surface area contributed by atoms with Gasteiger partial charge in [0, 0.05) is 17.3 Å². The minimum atomic E-state index is -0.00666. The van der Waals surface area contributed by atoms with Crippen molar-refractivity contribution in [1.82, 2.24) is 15.5 Å². The molecule has 4 nitrogen and oxygen atoms in total. The smallest absolute Gasteiger partial charge is 0.175 e. The molecule has 2 saturated carbocycles. The van der Waals surface area contributed by atoms with Gasteiger partial charge in [0.05, 0.1) is 6.61 Å². The Balaban J connectivity index is 1.50. The molecular weight excluding hydrogens is 322 g/mol. The van der Waals surface area contributed by atoms with Gasteiger partial charge in [-0.25, -0.2) is 0 Å². The summed E-state index contributed by atoms with van der Waals surface area (Å²) in [4.78, 5) is 0. The van der Waals surface area contributed by atoms with Crippen molar-refractivity contribution in [3.8, 4) is 0 Å². The Morgan fingerprint density at radius 1 is 1.33 bits per heavy atom. The lowest BCUT2D eigenvalue weighted by atomic mass is 9.85. The SMILES string of the molecule is CSc1nnc(SCCC2CCCC2(CO)NC2CC2)s1. The highest BCUT2D eigenvalue weighted by Gasteiger charge is 2.44. The number of aliphatic hydroxyl groups excluding tert-OH is 1. The molecule has 0 saturated heterocycles. The van der Waals surface area contributed by atoms with Crippen LogP contribution in [0.1, 0.15) is 38.5 Å². The van der Waals surface area contributed by atoms with Gasteiger partial charge in [-0.05, 0) is 44.3 Å². The lowest BCUT2D eigenvalue weighted by molar-refractivity contribution is 0.120. The summed E-state index contributed by atoms with van der Waals surface area (Å²) in [6, 6.07) is 0.665. The Bertz CT molecular complexity index is 466. The summed E-state index contributed by atoms with van der Waals surface area (Å²) in [6.07, 6.45) is 9.37. The number of hydrogen-bond donors (Lipinski definition) is 2. The van der Waals surface area contributed by atoms with Gasteiger partial charge in [-0.2, -0.15) is 0 Å². The Morgan fingerprint density at radius 2 is 2.14 bits per heavy atom. The summed E-state index contributed by atoms with van der Waals surface area (Å²) in [7, 11) is 0. The van der Waals surface area contributed by atoms with Crippen molar-refractivity contribution in [1.29, 1.82) is 0 Å². The molecule has 2 aliphatic rings. The van der Waals surface area contributed by atoms with Gasteiger partial charge >= 0.3 is 0 Å². The van der Waals surface area contributed by atoms with Gasteiger partial charge in [-0.15, -0.1) is 10.2 Å². The average Bonchev–Trinajstić information content (AvgIpc) is 3.04. The highest BCUT2D eigenvalue weighted by atomic mass is 32.2. The first-order chi connectivity index (χ1) is 10.3. The van der Waals surface area contributed by atoms with Crippen LogP contribution in [0.15, 0.2) is 8.68 Å². The zero-order valence-corrected chi connectivity index (χ0v) is 14.8. The van der Waals surface area contributed by atoms with Crippen molar-refractivity contribution in [2.75, 3.05) is 18.6 Å². The molecule has 0 spiro atoms. The number of aromatic nitrogens is 2. The first kappa shape index (κ1) is 16.1. The zero-order valence-electron chi connectivity index (χ0n) is 12.4. The third-order valence-corrected chi connectivity index (χ3v) is 7.63. The van der Waals surface area contributed by atoms with Gasteiger partial charge in [0.1, 0.15) is 0 Å². The van der Waals surface area contributed by atoms with E-state index in [1.165, 1.54) is 25.7 Å². The van der Waals surface area contributed by atoms with Gasteiger partial charge in [-0.1, -0.05) is 41.3 Å². The largest absolute Gasteiger partial charge is 0.394 e. The molecule has 118 valence electrons. The van der Waals surface area contributed by atoms with Crippen LogP contribution in [0.5, 0.6) is 0 Å². The molecule has 21 heavy (non-hydrogen) atoms. The van der Waals surface area contributed by atoms with Crippen LogP contribution < -0.4 is 5.32 Å². The van der Waals surface area contributed by atoms with Crippen LogP contribution in [0.4, 0.5) is 0 Å². The summed E-state index contributed by atoms with van der Waals surface area (Å²) in [5.41, 5.74) is -0.00666. The average molecular weight is 346 g/mol. The molecule has 3 rings (SSSR count). The van der Waals surface area contributed by atoms with Crippen LogP contribution in [0.3, 0.4) is 0 Å². The van der Waals surface area contributed by atoms with Gasteiger partial charge < -0.3 is 10.4 Å². The third-order valence-electron chi connectivity index (χ3n) is 4.56. The van der Waals surface area contributed by atoms with E-state index in [1.807, 2.05) is 18.0 Å². The second-order valence-corrected chi connectivity index (χ2v) is 9.37. The molecule has 2 unspecified atom stereocenters. The molecule has 0 aromatic carbocycles. The van der Waals surface area contributed by atoms with E-state index in [0.29, 0.717) is 12.0 Å². The molecule has 1 heterocycles. The van der Waals surface area contributed by atoms with E-state index in [1.54, 1.807) is 23.1 Å². The van der Waals surface area contributed by atoms with E-state index in [9.17, 15) is 5.11 Å². The zero-order chi connectivity index (χ0) is 14.7. The second kappa shape index (κ2) is 7.17. The van der Waals surface area contributed by atoms with E-state index < -0.39 is 0 Å². The van der Waals surface area contributed by atoms with Crippen LogP contribution >= 0.6 is 34.9 Å². The molecular formula is C14H23N3OS3. The van der Waals surface area contributed by atoms with Crippen molar-refractivity contribution in [2.45, 2.75) is 58.8 Å². The summed E-state index contributed by atoms with van der Waals surface area (Å²) in [5, 5.41) is 22.0. The number of nitrogens with zero attached hydrogens (tertiary/aromatic N) is 2. The third kappa shape index (κ3) is 3.93. The van der Waals surface area contributed by atoms with E-state index >= 15 is 0 Å². The van der Waals surface area contributed by atoms with E-state index in [2.05, 4.69) is 15.5 Å². The summed E-state index contributed by atoms with van der Waals surface area (Å²) < 4.78 is 2.11. The summed E-state index contributed by atoms with van der Waals surface area (Å²) in [5.74, 6) is 1.67. The first-order valence-electron chi connectivity index (χ1n) is 7.64. The maximum absolute atomic E-state index is 9.92. The van der Waals surface area contributed by atoms with Crippen molar-refractivity contribution < 1.29 is 5.11 Å².